The van der Waals surface area contributed by atoms with Gasteiger partial charge in [0.15, 0.2) is 5.75 Å². The molecule has 2 amide bonds. The van der Waals surface area contributed by atoms with Gasteiger partial charge >= 0.3 is 11.3 Å². The minimum absolute atomic E-state index is 0.0299. The Bertz CT molecular complexity index is 957. The van der Waals surface area contributed by atoms with Gasteiger partial charge < -0.3 is 9.64 Å². The molecule has 0 N–H and O–H groups in total. The molecule has 1 aromatic carbocycles. The molecular weight excluding hydrogens is 446 g/mol. The summed E-state index contributed by atoms with van der Waals surface area (Å²) in [5, 5.41) is 9.06. The highest BCUT2D eigenvalue weighted by Crippen LogP contribution is 2.26. The number of piperazine rings is 1. The van der Waals surface area contributed by atoms with Gasteiger partial charge in [-0.25, -0.2) is 18.3 Å². The minimum Gasteiger partial charge on any atom is -0.441 e. The number of carbonyl (C=O) groups excluding carboxylic acids is 2. The van der Waals surface area contributed by atoms with E-state index in [0.717, 1.165) is 10.8 Å². The highest BCUT2D eigenvalue weighted by Gasteiger charge is 2.33. The fraction of sp³-hybridized carbons (Fsp3) is 0.500. The maximum absolute atomic E-state index is 12.2. The summed E-state index contributed by atoms with van der Waals surface area (Å²) in [6, 6.07) is 9.00. The van der Waals surface area contributed by atoms with Crippen molar-refractivity contribution in [2.75, 3.05) is 61.9 Å². The number of nitrogens with zero attached hydrogens (tertiary/aromatic N) is 5. The maximum Gasteiger partial charge on any atom is 0.414 e. The highest BCUT2D eigenvalue weighted by atomic mass is 32.2. The molecule has 2 fully saturated rings. The molecule has 0 radical (unpaired) electrons. The number of hydrogen-bond acceptors (Lipinski definition) is 8. The van der Waals surface area contributed by atoms with Gasteiger partial charge in [-0.15, -0.1) is 0 Å². The van der Waals surface area contributed by atoms with Crippen LogP contribution in [0.3, 0.4) is 0 Å². The van der Waals surface area contributed by atoms with E-state index < -0.39 is 33.2 Å². The first kappa shape index (κ1) is 23.1. The lowest BCUT2D eigenvalue weighted by Crippen LogP contribution is -2.49. The molecule has 0 unspecified atom stereocenters. The van der Waals surface area contributed by atoms with Crippen LogP contribution < -0.4 is 9.80 Å². The summed E-state index contributed by atoms with van der Waals surface area (Å²) < 4.78 is 30.6. The van der Waals surface area contributed by atoms with Gasteiger partial charge in [0.05, 0.1) is 12.6 Å². The third kappa shape index (κ3) is 5.59. The second-order valence-corrected chi connectivity index (χ2v) is 9.36. The third-order valence-electron chi connectivity index (χ3n) is 5.00. The molecule has 11 nitrogen and oxygen atoms in total. The number of thiol groups is 1. The monoisotopic (exact) mass is 469 g/mol. The van der Waals surface area contributed by atoms with Crippen molar-refractivity contribution in [2.45, 2.75) is 6.10 Å². The molecule has 2 aliphatic rings. The van der Waals surface area contributed by atoms with Crippen LogP contribution in [0, 0.1) is 11.3 Å². The average Bonchev–Trinajstić information content (AvgIpc) is 3.12. The van der Waals surface area contributed by atoms with E-state index in [4.69, 9.17) is 14.8 Å². The molecule has 168 valence electrons. The summed E-state index contributed by atoms with van der Waals surface area (Å²) in [5.41, 5.74) is 1.56. The molecule has 2 saturated heterocycles. The summed E-state index contributed by atoms with van der Waals surface area (Å²) in [4.78, 5) is 32.0. The van der Waals surface area contributed by atoms with Crippen molar-refractivity contribution in [2.24, 2.45) is 0 Å². The molecule has 2 heterocycles. The first-order chi connectivity index (χ1) is 14.7. The number of carbonyl (C=O) groups is 2. The first-order valence-electron chi connectivity index (χ1n) is 9.49. The molecule has 0 aliphatic carbocycles. The predicted octanol–water partition coefficient (Wildman–Crippen LogP) is 0.900. The number of sulfonamides is 1. The van der Waals surface area contributed by atoms with Crippen LogP contribution >= 0.6 is 12.6 Å². The van der Waals surface area contributed by atoms with Crippen LogP contribution in [-0.2, 0) is 19.6 Å². The molecule has 1 atom stereocenters. The van der Waals surface area contributed by atoms with Gasteiger partial charge in [-0.2, -0.15) is 9.57 Å². The Morgan fingerprint density at radius 3 is 2.45 bits per heavy atom. The maximum atomic E-state index is 12.2. The minimum atomic E-state index is -3.53. The van der Waals surface area contributed by atoms with E-state index in [1.807, 2.05) is 17.0 Å². The second-order valence-electron chi connectivity index (χ2n) is 7.01. The number of amides is 2. The van der Waals surface area contributed by atoms with Gasteiger partial charge in [-0.3, -0.25) is 14.5 Å². The summed E-state index contributed by atoms with van der Waals surface area (Å²) in [5.74, 6) is -0.513. The van der Waals surface area contributed by atoms with E-state index in [2.05, 4.69) is 12.6 Å². The van der Waals surface area contributed by atoms with Gasteiger partial charge in [-0.05, 0) is 24.3 Å². The van der Waals surface area contributed by atoms with Gasteiger partial charge in [0, 0.05) is 44.6 Å². The van der Waals surface area contributed by atoms with Crippen LogP contribution in [-0.4, -0.2) is 87.4 Å². The first-order valence-corrected chi connectivity index (χ1v) is 11.5. The molecule has 0 spiro atoms. The summed E-state index contributed by atoms with van der Waals surface area (Å²) in [6.07, 6.45) is -1.02. The number of hydrogen-bond donors (Lipinski definition) is 1. The van der Waals surface area contributed by atoms with Gasteiger partial charge in [0.1, 0.15) is 12.7 Å². The Labute approximate surface area is 186 Å². The van der Waals surface area contributed by atoms with E-state index >= 15 is 0 Å². The molecule has 13 heteroatoms. The van der Waals surface area contributed by atoms with Crippen LogP contribution in [0.25, 0.3) is 0 Å². The lowest BCUT2D eigenvalue weighted by atomic mass is 10.2. The number of hydroxylamine groups is 2. The SMILES string of the molecule is CN(OC[C@@H]1CN(c2ccc(N3CCN(S(=O)(=O)CC#N)CC3)cc2)C(=O)O1)C(=O)S. The summed E-state index contributed by atoms with van der Waals surface area (Å²) in [7, 11) is -2.11. The van der Waals surface area contributed by atoms with Crippen LogP contribution in [0.2, 0.25) is 0 Å². The van der Waals surface area contributed by atoms with E-state index in [0.29, 0.717) is 31.9 Å². The van der Waals surface area contributed by atoms with E-state index in [9.17, 15) is 18.0 Å². The van der Waals surface area contributed by atoms with Crippen LogP contribution in [0.4, 0.5) is 21.0 Å². The Hall–Kier alpha value is -2.53. The quantitative estimate of drug-likeness (QED) is 0.462. The Morgan fingerprint density at radius 1 is 1.26 bits per heavy atom. The molecule has 1 aromatic rings. The van der Waals surface area contributed by atoms with Crippen molar-refractivity contribution in [1.82, 2.24) is 9.37 Å². The molecular formula is C18H23N5O6S2. The van der Waals surface area contributed by atoms with Gasteiger partial charge in [0.2, 0.25) is 10.0 Å². The zero-order valence-electron chi connectivity index (χ0n) is 16.9. The number of rotatable bonds is 7. The number of nitriles is 1. The van der Waals surface area contributed by atoms with E-state index in [1.165, 1.54) is 16.3 Å². The Morgan fingerprint density at radius 2 is 1.87 bits per heavy atom. The largest absolute Gasteiger partial charge is 0.441 e. The van der Waals surface area contributed by atoms with Crippen molar-refractivity contribution in [3.05, 3.63) is 24.3 Å². The van der Waals surface area contributed by atoms with Crippen LogP contribution in [0.15, 0.2) is 24.3 Å². The second kappa shape index (κ2) is 9.73. The number of anilines is 2. The van der Waals surface area contributed by atoms with Crippen molar-refractivity contribution in [1.29, 1.82) is 5.26 Å². The lowest BCUT2D eigenvalue weighted by molar-refractivity contribution is -0.113. The smallest absolute Gasteiger partial charge is 0.414 e. The van der Waals surface area contributed by atoms with E-state index in [1.54, 1.807) is 18.2 Å². The molecule has 31 heavy (non-hydrogen) atoms. The molecule has 2 aliphatic heterocycles. The fourth-order valence-electron chi connectivity index (χ4n) is 3.31. The highest BCUT2D eigenvalue weighted by molar-refractivity contribution is 7.96. The lowest BCUT2D eigenvalue weighted by Gasteiger charge is -2.35. The topological polar surface area (TPSA) is 123 Å². The number of benzene rings is 1. The molecule has 0 aromatic heterocycles. The molecule has 0 saturated carbocycles. The van der Waals surface area contributed by atoms with Crippen molar-refractivity contribution >= 4 is 45.4 Å². The number of cyclic esters (lactones) is 1. The molecule has 0 bridgehead atoms. The third-order valence-corrected chi connectivity index (χ3v) is 6.93. The number of ether oxygens (including phenoxy) is 1. The zero-order valence-corrected chi connectivity index (χ0v) is 18.6. The van der Waals surface area contributed by atoms with Crippen molar-refractivity contribution in [3.63, 3.8) is 0 Å². The standard InChI is InChI=1S/C18H23N5O6S2/c1-20(18(25)30)28-13-16-12-23(17(24)29-16)15-4-2-14(3-5-15)21-7-9-22(10-8-21)31(26,27)11-6-19/h2-5,16H,7-13H2,1H3,(H,25,30)/t16-/m0/s1. The van der Waals surface area contributed by atoms with Gasteiger partial charge in [0.25, 0.3) is 0 Å². The van der Waals surface area contributed by atoms with Gasteiger partial charge in [-0.1, -0.05) is 12.6 Å². The Balaban J connectivity index is 1.55. The van der Waals surface area contributed by atoms with Crippen LogP contribution in [0.5, 0.6) is 0 Å². The predicted molar refractivity (Wildman–Crippen MR) is 115 cm³/mol. The zero-order chi connectivity index (χ0) is 22.6. The molecule has 3 rings (SSSR count). The normalized spacial score (nSPS) is 19.8. The van der Waals surface area contributed by atoms with Crippen LogP contribution in [0.1, 0.15) is 0 Å². The van der Waals surface area contributed by atoms with Crippen molar-refractivity contribution in [3.8, 4) is 6.07 Å². The Kier molecular flexibility index (Phi) is 7.26. The summed E-state index contributed by atoms with van der Waals surface area (Å²) in [6.45, 7) is 1.95. The summed E-state index contributed by atoms with van der Waals surface area (Å²) >= 11 is 3.64. The van der Waals surface area contributed by atoms with Crippen molar-refractivity contribution < 1.29 is 27.6 Å². The average molecular weight is 470 g/mol. The fourth-order valence-corrected chi connectivity index (χ4v) is 4.43. The van der Waals surface area contributed by atoms with E-state index in [-0.39, 0.29) is 13.2 Å².